The van der Waals surface area contributed by atoms with Crippen LogP contribution in [0.1, 0.15) is 5.69 Å². The molecule has 2 N–H and O–H groups in total. The van der Waals surface area contributed by atoms with Crippen molar-refractivity contribution in [2.45, 2.75) is 6.42 Å². The number of hydrogen-bond donors (Lipinski definition) is 2. The van der Waals surface area contributed by atoms with Crippen LogP contribution in [0.3, 0.4) is 0 Å². The molecule has 3 heterocycles. The molecule has 4 rings (SSSR count). The number of aromatic nitrogens is 3. The van der Waals surface area contributed by atoms with Crippen molar-refractivity contribution < 1.29 is 14.3 Å². The van der Waals surface area contributed by atoms with Gasteiger partial charge in [-0.05, 0) is 23.6 Å². The number of nitrogens with zero attached hydrogens (tertiary/aromatic N) is 3. The van der Waals surface area contributed by atoms with Crippen LogP contribution < -0.4 is 15.4 Å². The highest BCUT2D eigenvalue weighted by atomic mass is 32.1. The van der Waals surface area contributed by atoms with Crippen LogP contribution in [0.2, 0.25) is 0 Å². The monoisotopic (exact) mass is 427 g/mol. The number of carbonyl (C=O) groups excluding carboxylic acids is 2. The van der Waals surface area contributed by atoms with Crippen molar-refractivity contribution in [3.63, 3.8) is 0 Å². The van der Waals surface area contributed by atoms with Crippen molar-refractivity contribution in [1.82, 2.24) is 19.9 Å². The van der Waals surface area contributed by atoms with Crippen molar-refractivity contribution in [1.29, 1.82) is 0 Å². The number of benzene rings is 1. The van der Waals surface area contributed by atoms with Crippen molar-refractivity contribution in [2.24, 2.45) is 0 Å². The lowest BCUT2D eigenvalue weighted by molar-refractivity contribution is -0.136. The average Bonchev–Trinajstić information content (AvgIpc) is 3.46. The molecule has 0 unspecified atom stereocenters. The summed E-state index contributed by atoms with van der Waals surface area (Å²) in [6.07, 6.45) is 0.529. The molecule has 0 spiro atoms. The summed E-state index contributed by atoms with van der Waals surface area (Å²) in [5.41, 5.74) is 1.36. The Morgan fingerprint density at radius 1 is 1.14 bits per heavy atom. The van der Waals surface area contributed by atoms with Crippen LogP contribution >= 0.6 is 22.7 Å². The van der Waals surface area contributed by atoms with Crippen LogP contribution in [0.15, 0.2) is 47.2 Å². The molecule has 0 aliphatic carbocycles. The van der Waals surface area contributed by atoms with Gasteiger partial charge in [-0.25, -0.2) is 4.52 Å². The highest BCUT2D eigenvalue weighted by molar-refractivity contribution is 7.15. The molecule has 0 aliphatic rings. The van der Waals surface area contributed by atoms with E-state index in [-0.39, 0.29) is 0 Å². The molecule has 4 aromatic rings. The number of ether oxygens (including phenoxy) is 1. The first kappa shape index (κ1) is 19.1. The van der Waals surface area contributed by atoms with Gasteiger partial charge in [-0.15, -0.1) is 27.8 Å². The summed E-state index contributed by atoms with van der Waals surface area (Å²) >= 11 is 3.08. The van der Waals surface area contributed by atoms with Crippen LogP contribution in [-0.4, -0.2) is 40.1 Å². The van der Waals surface area contributed by atoms with Gasteiger partial charge in [-0.2, -0.15) is 4.98 Å². The van der Waals surface area contributed by atoms with E-state index in [0.29, 0.717) is 30.2 Å². The molecule has 29 heavy (non-hydrogen) atoms. The highest BCUT2D eigenvalue weighted by Crippen LogP contribution is 2.25. The molecule has 0 saturated heterocycles. The van der Waals surface area contributed by atoms with Crippen molar-refractivity contribution in [3.05, 3.63) is 52.9 Å². The van der Waals surface area contributed by atoms with Gasteiger partial charge in [0, 0.05) is 18.3 Å². The molecule has 0 aliphatic heterocycles. The van der Waals surface area contributed by atoms with Gasteiger partial charge in [-0.3, -0.25) is 9.59 Å². The summed E-state index contributed by atoms with van der Waals surface area (Å²) in [5.74, 6) is -0.277. The minimum absolute atomic E-state index is 0.304. The second kappa shape index (κ2) is 8.41. The van der Waals surface area contributed by atoms with Gasteiger partial charge in [0.1, 0.15) is 5.75 Å². The maximum atomic E-state index is 12.1. The molecule has 8 nitrogen and oxygen atoms in total. The molecule has 0 bridgehead atoms. The number of carbonyl (C=O) groups is 2. The van der Waals surface area contributed by atoms with E-state index in [0.717, 1.165) is 15.5 Å². The van der Waals surface area contributed by atoms with E-state index in [2.05, 4.69) is 20.7 Å². The zero-order chi connectivity index (χ0) is 20.2. The third kappa shape index (κ3) is 4.13. The average molecular weight is 428 g/mol. The number of fused-ring (bicyclic) bond motifs is 1. The number of thiophene rings is 1. The maximum absolute atomic E-state index is 12.1. The molecule has 0 atom stereocenters. The fraction of sp³-hybridized carbons (Fsp3) is 0.158. The summed E-state index contributed by atoms with van der Waals surface area (Å²) < 4.78 is 6.94. The lowest BCUT2D eigenvalue weighted by atomic mass is 10.3. The Morgan fingerprint density at radius 3 is 2.79 bits per heavy atom. The molecular formula is C19H17N5O3S2. The zero-order valence-electron chi connectivity index (χ0n) is 15.4. The SMILES string of the molecule is COc1ccccc1NC(=O)C(=O)NCCc1csc2nc(-c3cccs3)nn12. The smallest absolute Gasteiger partial charge is 0.313 e. The van der Waals surface area contributed by atoms with Crippen LogP contribution in [-0.2, 0) is 16.0 Å². The number of para-hydroxylation sites is 2. The fourth-order valence-electron chi connectivity index (χ4n) is 2.72. The van der Waals surface area contributed by atoms with Crippen molar-refractivity contribution >= 4 is 45.1 Å². The first-order valence-corrected chi connectivity index (χ1v) is 10.5. The summed E-state index contributed by atoms with van der Waals surface area (Å²) in [6, 6.07) is 10.8. The molecule has 0 saturated carbocycles. The molecule has 1 aromatic carbocycles. The van der Waals surface area contributed by atoms with Gasteiger partial charge < -0.3 is 15.4 Å². The predicted octanol–water partition coefficient (Wildman–Crippen LogP) is 2.83. The number of thiazole rings is 1. The number of anilines is 1. The van der Waals surface area contributed by atoms with Crippen LogP contribution in [0.4, 0.5) is 5.69 Å². The van der Waals surface area contributed by atoms with Gasteiger partial charge in [0.25, 0.3) is 0 Å². The normalized spacial score (nSPS) is 10.8. The van der Waals surface area contributed by atoms with E-state index in [1.807, 2.05) is 22.9 Å². The summed E-state index contributed by atoms with van der Waals surface area (Å²) in [4.78, 5) is 30.6. The molecule has 148 valence electrons. The molecule has 10 heteroatoms. The van der Waals surface area contributed by atoms with E-state index in [9.17, 15) is 9.59 Å². The number of rotatable bonds is 6. The van der Waals surface area contributed by atoms with Gasteiger partial charge in [0.15, 0.2) is 5.82 Å². The minimum atomic E-state index is -0.745. The molecule has 3 aromatic heterocycles. The Bertz CT molecular complexity index is 1150. The Kier molecular flexibility index (Phi) is 5.54. The first-order valence-electron chi connectivity index (χ1n) is 8.75. The quantitative estimate of drug-likeness (QED) is 0.461. The lowest BCUT2D eigenvalue weighted by Crippen LogP contribution is -2.36. The number of hydrogen-bond acceptors (Lipinski definition) is 7. The third-order valence-corrected chi connectivity index (χ3v) is 5.85. The summed E-state index contributed by atoms with van der Waals surface area (Å²) in [5, 5.41) is 13.7. The number of methoxy groups -OCH3 is 1. The van der Waals surface area contributed by atoms with Crippen LogP contribution in [0.5, 0.6) is 5.75 Å². The topological polar surface area (TPSA) is 97.6 Å². The van der Waals surface area contributed by atoms with E-state index < -0.39 is 11.8 Å². The van der Waals surface area contributed by atoms with Gasteiger partial charge in [0.2, 0.25) is 4.96 Å². The van der Waals surface area contributed by atoms with E-state index in [1.165, 1.54) is 18.4 Å². The molecule has 0 radical (unpaired) electrons. The second-order valence-corrected chi connectivity index (χ2v) is 7.78. The summed E-state index contributed by atoms with van der Waals surface area (Å²) in [7, 11) is 1.50. The molecular weight excluding hydrogens is 410 g/mol. The maximum Gasteiger partial charge on any atom is 0.313 e. The third-order valence-electron chi connectivity index (χ3n) is 4.12. The number of nitrogens with one attached hydrogen (secondary N) is 2. The summed E-state index contributed by atoms with van der Waals surface area (Å²) in [6.45, 7) is 0.304. The van der Waals surface area contributed by atoms with E-state index in [4.69, 9.17) is 4.74 Å². The first-order chi connectivity index (χ1) is 14.2. The van der Waals surface area contributed by atoms with Crippen LogP contribution in [0, 0.1) is 0 Å². The van der Waals surface area contributed by atoms with Crippen molar-refractivity contribution in [3.8, 4) is 16.5 Å². The zero-order valence-corrected chi connectivity index (χ0v) is 17.0. The largest absolute Gasteiger partial charge is 0.495 e. The molecule has 2 amide bonds. The van der Waals surface area contributed by atoms with Gasteiger partial charge in [-0.1, -0.05) is 18.2 Å². The number of amides is 2. The second-order valence-electron chi connectivity index (χ2n) is 5.99. The van der Waals surface area contributed by atoms with Gasteiger partial charge in [0.05, 0.1) is 23.4 Å². The predicted molar refractivity (Wildman–Crippen MR) is 113 cm³/mol. The Morgan fingerprint density at radius 2 is 2.00 bits per heavy atom. The fourth-order valence-corrected chi connectivity index (χ4v) is 4.23. The van der Waals surface area contributed by atoms with E-state index in [1.54, 1.807) is 40.1 Å². The highest BCUT2D eigenvalue weighted by Gasteiger charge is 2.16. The van der Waals surface area contributed by atoms with Crippen LogP contribution in [0.25, 0.3) is 15.7 Å². The molecule has 0 fully saturated rings. The standard InChI is InChI=1S/C19H17N5O3S2/c1-27-14-6-3-2-5-13(14)21-18(26)17(25)20-9-8-12-11-29-19-22-16(23-24(12)19)15-7-4-10-28-15/h2-7,10-11H,8-9H2,1H3,(H,20,25)(H,21,26). The van der Waals surface area contributed by atoms with Crippen molar-refractivity contribution in [2.75, 3.05) is 19.0 Å². The minimum Gasteiger partial charge on any atom is -0.495 e. The Labute approximate surface area is 174 Å². The lowest BCUT2D eigenvalue weighted by Gasteiger charge is -2.09. The Balaban J connectivity index is 1.35. The Hall–Kier alpha value is -3.24. The van der Waals surface area contributed by atoms with E-state index >= 15 is 0 Å². The van der Waals surface area contributed by atoms with Gasteiger partial charge >= 0.3 is 11.8 Å².